The highest BCUT2D eigenvalue weighted by Gasteiger charge is 2.26. The van der Waals surface area contributed by atoms with E-state index in [-0.39, 0.29) is 6.04 Å². The average Bonchev–Trinajstić information content (AvgIpc) is 2.32. The van der Waals surface area contributed by atoms with Gasteiger partial charge < -0.3 is 9.64 Å². The second kappa shape index (κ2) is 5.19. The maximum Gasteiger partial charge on any atom is 0.143 e. The third-order valence-electron chi connectivity index (χ3n) is 3.46. The van der Waals surface area contributed by atoms with Crippen molar-refractivity contribution in [3.05, 3.63) is 22.7 Å². The highest BCUT2D eigenvalue weighted by atomic mass is 35.5. The largest absolute Gasteiger partial charge is 0.495 e. The Balaban J connectivity index is 2.37. The molecule has 1 aromatic rings. The number of ether oxygens (including phenoxy) is 1. The highest BCUT2D eigenvalue weighted by molar-refractivity contribution is 6.31. The quantitative estimate of drug-likeness (QED) is 0.824. The first-order valence-corrected chi connectivity index (χ1v) is 6.53. The van der Waals surface area contributed by atoms with Crippen molar-refractivity contribution in [1.82, 2.24) is 0 Å². The normalized spacial score (nSPS) is 20.1. The van der Waals surface area contributed by atoms with Crippen molar-refractivity contribution < 1.29 is 9.53 Å². The van der Waals surface area contributed by atoms with E-state index in [2.05, 4.69) is 11.8 Å². The van der Waals surface area contributed by atoms with Crippen LogP contribution in [0, 0.1) is 6.92 Å². The van der Waals surface area contributed by atoms with Gasteiger partial charge in [0.25, 0.3) is 0 Å². The van der Waals surface area contributed by atoms with Crippen LogP contribution in [0.15, 0.2) is 12.1 Å². The van der Waals surface area contributed by atoms with Crippen LogP contribution in [0.3, 0.4) is 0 Å². The van der Waals surface area contributed by atoms with Gasteiger partial charge >= 0.3 is 0 Å². The lowest BCUT2D eigenvalue weighted by molar-refractivity contribution is -0.120. The smallest absolute Gasteiger partial charge is 0.143 e. The Morgan fingerprint density at radius 3 is 2.78 bits per heavy atom. The molecule has 0 radical (unpaired) electrons. The molecule has 1 aliphatic heterocycles. The summed E-state index contributed by atoms with van der Waals surface area (Å²) in [7, 11) is 1.64. The zero-order valence-electron chi connectivity index (χ0n) is 11.0. The molecule has 3 nitrogen and oxygen atoms in total. The number of halogens is 1. The van der Waals surface area contributed by atoms with Gasteiger partial charge in [0.05, 0.1) is 12.8 Å². The number of Topliss-reactive ketones (excluding diaryl/α,β-unsaturated/α-hetero) is 1. The molecule has 0 bridgehead atoms. The van der Waals surface area contributed by atoms with Gasteiger partial charge in [0.15, 0.2) is 0 Å². The van der Waals surface area contributed by atoms with E-state index in [1.807, 2.05) is 19.1 Å². The number of carbonyl (C=O) groups excluding carboxylic acids is 1. The number of carbonyl (C=O) groups is 1. The minimum absolute atomic E-state index is 0.209. The Morgan fingerprint density at radius 2 is 2.17 bits per heavy atom. The first kappa shape index (κ1) is 13.2. The molecule has 1 atom stereocenters. The summed E-state index contributed by atoms with van der Waals surface area (Å²) in [6.45, 7) is 4.79. The summed E-state index contributed by atoms with van der Waals surface area (Å²) in [4.78, 5) is 13.7. The molecule has 1 fully saturated rings. The molecular weight excluding hydrogens is 250 g/mol. The molecule has 1 saturated heterocycles. The van der Waals surface area contributed by atoms with Crippen molar-refractivity contribution in [3.8, 4) is 5.75 Å². The van der Waals surface area contributed by atoms with Crippen LogP contribution < -0.4 is 9.64 Å². The molecular formula is C14H18ClNO2. The van der Waals surface area contributed by atoms with Crippen molar-refractivity contribution in [2.75, 3.05) is 18.6 Å². The molecule has 0 spiro atoms. The van der Waals surface area contributed by atoms with E-state index in [0.717, 1.165) is 23.5 Å². The highest BCUT2D eigenvalue weighted by Crippen LogP contribution is 2.36. The van der Waals surface area contributed by atoms with Crippen LogP contribution in [0.4, 0.5) is 5.69 Å². The zero-order valence-corrected chi connectivity index (χ0v) is 11.8. The van der Waals surface area contributed by atoms with Gasteiger partial charge in [-0.15, -0.1) is 0 Å². The van der Waals surface area contributed by atoms with Crippen LogP contribution >= 0.6 is 11.6 Å². The number of piperidine rings is 1. The van der Waals surface area contributed by atoms with Crippen LogP contribution in [0.5, 0.6) is 5.75 Å². The molecule has 0 aliphatic carbocycles. The fourth-order valence-corrected chi connectivity index (χ4v) is 2.55. The molecule has 1 aliphatic rings. The van der Waals surface area contributed by atoms with E-state index in [1.54, 1.807) is 7.11 Å². The minimum Gasteiger partial charge on any atom is -0.495 e. The lowest BCUT2D eigenvalue weighted by atomic mass is 10.0. The van der Waals surface area contributed by atoms with E-state index in [9.17, 15) is 4.79 Å². The topological polar surface area (TPSA) is 29.5 Å². The number of hydrogen-bond donors (Lipinski definition) is 0. The summed E-state index contributed by atoms with van der Waals surface area (Å²) < 4.78 is 5.40. The van der Waals surface area contributed by atoms with E-state index in [0.29, 0.717) is 23.6 Å². The van der Waals surface area contributed by atoms with Gasteiger partial charge in [0.1, 0.15) is 11.5 Å². The van der Waals surface area contributed by atoms with Gasteiger partial charge in [-0.25, -0.2) is 0 Å². The lowest BCUT2D eigenvalue weighted by Crippen LogP contribution is -2.41. The Hall–Kier alpha value is -1.22. The van der Waals surface area contributed by atoms with Gasteiger partial charge in [-0.05, 0) is 25.5 Å². The van der Waals surface area contributed by atoms with Gasteiger partial charge in [0.2, 0.25) is 0 Å². The molecule has 98 valence electrons. The number of nitrogens with zero attached hydrogens (tertiary/aromatic N) is 1. The Labute approximate surface area is 113 Å². The summed E-state index contributed by atoms with van der Waals surface area (Å²) >= 11 is 6.11. The number of rotatable bonds is 2. The molecule has 0 amide bonds. The Morgan fingerprint density at radius 1 is 1.44 bits per heavy atom. The summed E-state index contributed by atoms with van der Waals surface area (Å²) in [6.07, 6.45) is 1.21. The van der Waals surface area contributed by atoms with E-state index < -0.39 is 0 Å². The summed E-state index contributed by atoms with van der Waals surface area (Å²) in [5.41, 5.74) is 2.05. The fourth-order valence-electron chi connectivity index (χ4n) is 2.40. The number of hydrogen-bond acceptors (Lipinski definition) is 3. The molecule has 1 unspecified atom stereocenters. The molecule has 0 N–H and O–H groups in total. The number of methoxy groups -OCH3 is 1. The first-order chi connectivity index (χ1) is 8.52. The van der Waals surface area contributed by atoms with Crippen molar-refractivity contribution >= 4 is 23.1 Å². The molecule has 0 aromatic heterocycles. The Kier molecular flexibility index (Phi) is 3.81. The molecule has 0 saturated carbocycles. The summed E-state index contributed by atoms with van der Waals surface area (Å²) in [6, 6.07) is 4.09. The number of ketones is 1. The van der Waals surface area contributed by atoms with E-state index in [1.165, 1.54) is 0 Å². The second-order valence-corrected chi connectivity index (χ2v) is 5.22. The summed E-state index contributed by atoms with van der Waals surface area (Å²) in [5.74, 6) is 1.11. The number of aryl methyl sites for hydroxylation is 1. The standard InChI is InChI=1S/C14H18ClNO2/c1-9-6-13(14(18-3)8-12(9)15)16-5-4-11(17)7-10(16)2/h6,8,10H,4-5,7H2,1-3H3. The van der Waals surface area contributed by atoms with Crippen molar-refractivity contribution in [1.29, 1.82) is 0 Å². The maximum atomic E-state index is 11.4. The van der Waals surface area contributed by atoms with Crippen molar-refractivity contribution in [2.45, 2.75) is 32.7 Å². The van der Waals surface area contributed by atoms with Gasteiger partial charge in [-0.1, -0.05) is 11.6 Å². The second-order valence-electron chi connectivity index (χ2n) is 4.81. The van der Waals surface area contributed by atoms with Crippen LogP contribution in [0.25, 0.3) is 0 Å². The first-order valence-electron chi connectivity index (χ1n) is 6.15. The minimum atomic E-state index is 0.209. The number of anilines is 1. The molecule has 2 rings (SSSR count). The molecule has 4 heteroatoms. The van der Waals surface area contributed by atoms with Gasteiger partial charge in [-0.3, -0.25) is 4.79 Å². The predicted molar refractivity (Wildman–Crippen MR) is 73.8 cm³/mol. The molecule has 18 heavy (non-hydrogen) atoms. The van der Waals surface area contributed by atoms with Crippen LogP contribution in [-0.2, 0) is 4.79 Å². The van der Waals surface area contributed by atoms with Crippen LogP contribution in [0.2, 0.25) is 5.02 Å². The lowest BCUT2D eigenvalue weighted by Gasteiger charge is -2.35. The third kappa shape index (κ3) is 2.46. The van der Waals surface area contributed by atoms with Crippen LogP contribution in [-0.4, -0.2) is 25.5 Å². The van der Waals surface area contributed by atoms with E-state index >= 15 is 0 Å². The van der Waals surface area contributed by atoms with E-state index in [4.69, 9.17) is 16.3 Å². The molecule has 1 heterocycles. The van der Waals surface area contributed by atoms with Crippen molar-refractivity contribution in [3.63, 3.8) is 0 Å². The Bertz CT molecular complexity index is 473. The van der Waals surface area contributed by atoms with Gasteiger partial charge in [0, 0.05) is 36.5 Å². The average molecular weight is 268 g/mol. The van der Waals surface area contributed by atoms with Crippen LogP contribution in [0.1, 0.15) is 25.3 Å². The molecule has 1 aromatic carbocycles. The zero-order chi connectivity index (χ0) is 13.3. The fraction of sp³-hybridized carbons (Fsp3) is 0.500. The number of benzene rings is 1. The van der Waals surface area contributed by atoms with Gasteiger partial charge in [-0.2, -0.15) is 0 Å². The monoisotopic (exact) mass is 267 g/mol. The SMILES string of the molecule is COc1cc(Cl)c(C)cc1N1CCC(=O)CC1C. The summed E-state index contributed by atoms with van der Waals surface area (Å²) in [5, 5.41) is 0.705. The predicted octanol–water partition coefficient (Wildman–Crippen LogP) is 3.21. The van der Waals surface area contributed by atoms with Crippen molar-refractivity contribution in [2.24, 2.45) is 0 Å². The maximum absolute atomic E-state index is 11.4. The third-order valence-corrected chi connectivity index (χ3v) is 3.86.